The number of aliphatic hydroxyl groups excluding tert-OH is 1. The fourth-order valence-electron chi connectivity index (χ4n) is 2.61. The van der Waals surface area contributed by atoms with Crippen molar-refractivity contribution >= 4 is 17.3 Å². The van der Waals surface area contributed by atoms with Crippen LogP contribution in [0.1, 0.15) is 29.6 Å². The highest BCUT2D eigenvalue weighted by Gasteiger charge is 2.28. The highest BCUT2D eigenvalue weighted by Crippen LogP contribution is 2.32. The molecule has 2 unspecified atom stereocenters. The smallest absolute Gasteiger partial charge is 0.292 e. The van der Waals surface area contributed by atoms with E-state index in [9.17, 15) is 20.0 Å². The van der Waals surface area contributed by atoms with E-state index in [-0.39, 0.29) is 35.5 Å². The summed E-state index contributed by atoms with van der Waals surface area (Å²) in [5.41, 5.74) is 5.59. The standard InChI is InChI=1S/C13H17N3O4/c14-13(18)8-4-5-12(16(19)20)11(6-8)15-10-3-1-2-9(10)7-17/h4-6,9-10,15,17H,1-3,7H2,(H2,14,18). The number of nitrogens with zero attached hydrogens (tertiary/aromatic N) is 1. The second-order valence-electron chi connectivity index (χ2n) is 4.98. The van der Waals surface area contributed by atoms with Crippen molar-refractivity contribution in [1.29, 1.82) is 0 Å². The number of anilines is 1. The molecule has 0 aliphatic heterocycles. The number of nitro benzene ring substituents is 1. The van der Waals surface area contributed by atoms with Crippen LogP contribution in [0.3, 0.4) is 0 Å². The number of carbonyl (C=O) groups excluding carboxylic acids is 1. The first kappa shape index (κ1) is 14.3. The van der Waals surface area contributed by atoms with Crippen molar-refractivity contribution in [3.8, 4) is 0 Å². The lowest BCUT2D eigenvalue weighted by Crippen LogP contribution is -2.27. The molecule has 1 aliphatic carbocycles. The minimum absolute atomic E-state index is 0.0261. The number of benzene rings is 1. The topological polar surface area (TPSA) is 118 Å². The van der Waals surface area contributed by atoms with Gasteiger partial charge in [-0.3, -0.25) is 14.9 Å². The molecule has 1 aromatic carbocycles. The van der Waals surface area contributed by atoms with Crippen molar-refractivity contribution in [2.45, 2.75) is 25.3 Å². The van der Waals surface area contributed by atoms with E-state index in [1.807, 2.05) is 0 Å². The predicted octanol–water partition coefficient (Wildman–Crippen LogP) is 1.27. The molecule has 2 atom stereocenters. The molecule has 0 saturated heterocycles. The number of nitrogens with two attached hydrogens (primary N) is 1. The van der Waals surface area contributed by atoms with E-state index in [0.29, 0.717) is 0 Å². The van der Waals surface area contributed by atoms with E-state index in [2.05, 4.69) is 5.32 Å². The van der Waals surface area contributed by atoms with Crippen LogP contribution in [0.5, 0.6) is 0 Å². The summed E-state index contributed by atoms with van der Waals surface area (Å²) in [5, 5.41) is 23.4. The molecule has 108 valence electrons. The molecular weight excluding hydrogens is 262 g/mol. The van der Waals surface area contributed by atoms with E-state index < -0.39 is 10.8 Å². The monoisotopic (exact) mass is 279 g/mol. The van der Waals surface area contributed by atoms with Crippen molar-refractivity contribution in [3.63, 3.8) is 0 Å². The van der Waals surface area contributed by atoms with Crippen LogP contribution in [0.15, 0.2) is 18.2 Å². The number of hydrogen-bond acceptors (Lipinski definition) is 5. The van der Waals surface area contributed by atoms with E-state index in [1.54, 1.807) is 0 Å². The maximum atomic E-state index is 11.2. The van der Waals surface area contributed by atoms with Gasteiger partial charge in [0, 0.05) is 30.2 Å². The summed E-state index contributed by atoms with van der Waals surface area (Å²) in [6.45, 7) is 0.0426. The van der Waals surface area contributed by atoms with Gasteiger partial charge in [0.15, 0.2) is 0 Å². The van der Waals surface area contributed by atoms with Crippen molar-refractivity contribution < 1.29 is 14.8 Å². The number of carbonyl (C=O) groups is 1. The number of amides is 1. The zero-order chi connectivity index (χ0) is 14.7. The number of aliphatic hydroxyl groups is 1. The Morgan fingerprint density at radius 1 is 1.50 bits per heavy atom. The third kappa shape index (κ3) is 2.88. The Kier molecular flexibility index (Phi) is 4.19. The van der Waals surface area contributed by atoms with E-state index in [0.717, 1.165) is 19.3 Å². The molecule has 20 heavy (non-hydrogen) atoms. The van der Waals surface area contributed by atoms with E-state index in [4.69, 9.17) is 5.73 Å². The SMILES string of the molecule is NC(=O)c1ccc([N+](=O)[O-])c(NC2CCCC2CO)c1. The van der Waals surface area contributed by atoms with Crippen molar-refractivity contribution in [2.75, 3.05) is 11.9 Å². The second kappa shape index (κ2) is 5.87. The van der Waals surface area contributed by atoms with Gasteiger partial charge in [-0.2, -0.15) is 0 Å². The first-order valence-electron chi connectivity index (χ1n) is 6.48. The summed E-state index contributed by atoms with van der Waals surface area (Å²) in [6.07, 6.45) is 2.69. The van der Waals surface area contributed by atoms with Crippen molar-refractivity contribution in [3.05, 3.63) is 33.9 Å². The van der Waals surface area contributed by atoms with Gasteiger partial charge in [0.05, 0.1) is 4.92 Å². The van der Waals surface area contributed by atoms with Crippen LogP contribution < -0.4 is 11.1 Å². The van der Waals surface area contributed by atoms with Crippen LogP contribution in [0.2, 0.25) is 0 Å². The number of primary amides is 1. The summed E-state index contributed by atoms with van der Waals surface area (Å²) in [7, 11) is 0. The first-order valence-corrected chi connectivity index (χ1v) is 6.48. The maximum absolute atomic E-state index is 11.2. The number of hydrogen-bond donors (Lipinski definition) is 3. The summed E-state index contributed by atoms with van der Waals surface area (Å²) in [6, 6.07) is 3.98. The maximum Gasteiger partial charge on any atom is 0.292 e. The van der Waals surface area contributed by atoms with Gasteiger partial charge in [0.25, 0.3) is 5.69 Å². The van der Waals surface area contributed by atoms with Crippen LogP contribution in [-0.4, -0.2) is 28.6 Å². The van der Waals surface area contributed by atoms with Crippen LogP contribution in [-0.2, 0) is 0 Å². The molecule has 0 radical (unpaired) electrons. The Labute approximate surface area is 115 Å². The Hall–Kier alpha value is -2.15. The highest BCUT2D eigenvalue weighted by atomic mass is 16.6. The lowest BCUT2D eigenvalue weighted by Gasteiger charge is -2.20. The first-order chi connectivity index (χ1) is 9.52. The Morgan fingerprint density at radius 2 is 2.25 bits per heavy atom. The fraction of sp³-hybridized carbons (Fsp3) is 0.462. The Balaban J connectivity index is 2.30. The Morgan fingerprint density at radius 3 is 2.85 bits per heavy atom. The van der Waals surface area contributed by atoms with Crippen molar-refractivity contribution in [2.24, 2.45) is 11.7 Å². The quantitative estimate of drug-likeness (QED) is 0.554. The third-order valence-corrected chi connectivity index (χ3v) is 3.71. The predicted molar refractivity (Wildman–Crippen MR) is 73.5 cm³/mol. The molecule has 7 nitrogen and oxygen atoms in total. The molecule has 0 heterocycles. The van der Waals surface area contributed by atoms with Crippen LogP contribution in [0, 0.1) is 16.0 Å². The number of rotatable bonds is 5. The minimum Gasteiger partial charge on any atom is -0.396 e. The molecule has 1 aromatic rings. The lowest BCUT2D eigenvalue weighted by atomic mass is 10.0. The van der Waals surface area contributed by atoms with Gasteiger partial charge in [-0.15, -0.1) is 0 Å². The van der Waals surface area contributed by atoms with Crippen LogP contribution in [0.4, 0.5) is 11.4 Å². The van der Waals surface area contributed by atoms with E-state index in [1.165, 1.54) is 18.2 Å². The van der Waals surface area contributed by atoms with Crippen LogP contribution >= 0.6 is 0 Å². The molecule has 1 amide bonds. The molecule has 2 rings (SSSR count). The highest BCUT2D eigenvalue weighted by molar-refractivity contribution is 5.94. The molecule has 1 aliphatic rings. The van der Waals surface area contributed by atoms with Crippen LogP contribution in [0.25, 0.3) is 0 Å². The van der Waals surface area contributed by atoms with Gasteiger partial charge in [-0.1, -0.05) is 6.42 Å². The molecule has 4 N–H and O–H groups in total. The number of nitro groups is 1. The van der Waals surface area contributed by atoms with E-state index >= 15 is 0 Å². The van der Waals surface area contributed by atoms with Gasteiger partial charge in [-0.05, 0) is 25.0 Å². The second-order valence-corrected chi connectivity index (χ2v) is 4.98. The van der Waals surface area contributed by atoms with Gasteiger partial charge in [-0.25, -0.2) is 0 Å². The zero-order valence-electron chi connectivity index (χ0n) is 10.9. The third-order valence-electron chi connectivity index (χ3n) is 3.71. The normalized spacial score (nSPS) is 21.6. The summed E-state index contributed by atoms with van der Waals surface area (Å²) in [4.78, 5) is 21.7. The molecule has 0 aromatic heterocycles. The summed E-state index contributed by atoms with van der Waals surface area (Å²) >= 11 is 0. The van der Waals surface area contributed by atoms with Gasteiger partial charge >= 0.3 is 0 Å². The average molecular weight is 279 g/mol. The summed E-state index contributed by atoms with van der Waals surface area (Å²) in [5.74, 6) is -0.556. The van der Waals surface area contributed by atoms with Gasteiger partial charge in [0.1, 0.15) is 5.69 Å². The summed E-state index contributed by atoms with van der Waals surface area (Å²) < 4.78 is 0. The molecule has 7 heteroatoms. The Bertz CT molecular complexity index is 532. The molecule has 1 fully saturated rings. The average Bonchev–Trinajstić information content (AvgIpc) is 2.85. The molecular formula is C13H17N3O4. The molecule has 0 spiro atoms. The molecule has 1 saturated carbocycles. The van der Waals surface area contributed by atoms with Gasteiger partial charge in [0.2, 0.25) is 5.91 Å². The lowest BCUT2D eigenvalue weighted by molar-refractivity contribution is -0.384. The van der Waals surface area contributed by atoms with Gasteiger partial charge < -0.3 is 16.2 Å². The molecule has 0 bridgehead atoms. The zero-order valence-corrected chi connectivity index (χ0v) is 10.9. The number of nitrogens with one attached hydrogen (secondary N) is 1. The fourth-order valence-corrected chi connectivity index (χ4v) is 2.61. The van der Waals surface area contributed by atoms with Crippen molar-refractivity contribution in [1.82, 2.24) is 0 Å². The minimum atomic E-state index is -0.631. The largest absolute Gasteiger partial charge is 0.396 e.